The summed E-state index contributed by atoms with van der Waals surface area (Å²) in [6.45, 7) is 3.79. The highest BCUT2D eigenvalue weighted by atomic mass is 32.2. The Labute approximate surface area is 138 Å². The van der Waals surface area contributed by atoms with Crippen molar-refractivity contribution in [1.82, 2.24) is 20.1 Å². The lowest BCUT2D eigenvalue weighted by Gasteiger charge is -2.10. The Morgan fingerprint density at radius 3 is 2.78 bits per heavy atom. The average Bonchev–Trinajstić information content (AvgIpc) is 2.90. The number of nitrogens with one attached hydrogen (secondary N) is 2. The van der Waals surface area contributed by atoms with Crippen molar-refractivity contribution in [1.29, 1.82) is 0 Å². The van der Waals surface area contributed by atoms with Crippen molar-refractivity contribution in [3.8, 4) is 0 Å². The van der Waals surface area contributed by atoms with Crippen LogP contribution in [0.1, 0.15) is 24.2 Å². The van der Waals surface area contributed by atoms with Gasteiger partial charge >= 0.3 is 0 Å². The molecule has 0 fully saturated rings. The van der Waals surface area contributed by atoms with E-state index < -0.39 is 0 Å². The lowest BCUT2D eigenvalue weighted by Crippen LogP contribution is -2.30. The number of carbonyl (C=O) groups is 2. The second kappa shape index (κ2) is 7.77. The van der Waals surface area contributed by atoms with Crippen LogP contribution in [0, 0.1) is 0 Å². The molecule has 0 aliphatic heterocycles. The van der Waals surface area contributed by atoms with Crippen molar-refractivity contribution in [2.24, 2.45) is 7.05 Å². The van der Waals surface area contributed by atoms with Gasteiger partial charge in [0.1, 0.15) is 6.33 Å². The Morgan fingerprint density at radius 2 is 2.13 bits per heavy atom. The second-order valence-electron chi connectivity index (χ2n) is 5.27. The first kappa shape index (κ1) is 17.0. The third-order valence-corrected chi connectivity index (χ3v) is 3.86. The summed E-state index contributed by atoms with van der Waals surface area (Å²) in [5.41, 5.74) is 1.10. The number of hydrogen-bond acceptors (Lipinski definition) is 5. The van der Waals surface area contributed by atoms with E-state index in [1.807, 2.05) is 20.9 Å². The summed E-state index contributed by atoms with van der Waals surface area (Å²) in [7, 11) is 1.82. The van der Waals surface area contributed by atoms with E-state index >= 15 is 0 Å². The lowest BCUT2D eigenvalue weighted by atomic mass is 10.2. The van der Waals surface area contributed by atoms with E-state index in [2.05, 4.69) is 20.8 Å². The summed E-state index contributed by atoms with van der Waals surface area (Å²) in [5, 5.41) is 13.9. The molecule has 122 valence electrons. The Morgan fingerprint density at radius 1 is 1.35 bits per heavy atom. The van der Waals surface area contributed by atoms with Crippen LogP contribution >= 0.6 is 11.8 Å². The van der Waals surface area contributed by atoms with Gasteiger partial charge in [-0.3, -0.25) is 9.59 Å². The number of amides is 2. The van der Waals surface area contributed by atoms with Gasteiger partial charge < -0.3 is 15.2 Å². The van der Waals surface area contributed by atoms with E-state index in [-0.39, 0.29) is 23.6 Å². The van der Waals surface area contributed by atoms with Crippen LogP contribution in [0.2, 0.25) is 0 Å². The van der Waals surface area contributed by atoms with Crippen LogP contribution in [0.25, 0.3) is 0 Å². The maximum atomic E-state index is 12.0. The fourth-order valence-electron chi connectivity index (χ4n) is 1.81. The molecule has 0 atom stereocenters. The zero-order valence-corrected chi connectivity index (χ0v) is 14.1. The highest BCUT2D eigenvalue weighted by Gasteiger charge is 2.10. The molecule has 0 bridgehead atoms. The number of anilines is 1. The molecule has 0 unspecified atom stereocenters. The summed E-state index contributed by atoms with van der Waals surface area (Å²) in [5.74, 6) is -0.112. The molecule has 2 rings (SSSR count). The van der Waals surface area contributed by atoms with Crippen LogP contribution in [0.4, 0.5) is 5.69 Å². The molecular weight excluding hydrogens is 314 g/mol. The van der Waals surface area contributed by atoms with Crippen molar-refractivity contribution >= 4 is 29.3 Å². The molecule has 8 heteroatoms. The van der Waals surface area contributed by atoms with Crippen LogP contribution in [0.15, 0.2) is 35.7 Å². The zero-order chi connectivity index (χ0) is 16.8. The van der Waals surface area contributed by atoms with Crippen molar-refractivity contribution in [2.75, 3.05) is 11.1 Å². The summed E-state index contributed by atoms with van der Waals surface area (Å²) in [6, 6.07) is 6.91. The monoisotopic (exact) mass is 333 g/mol. The van der Waals surface area contributed by atoms with Crippen molar-refractivity contribution < 1.29 is 9.59 Å². The Kier molecular flexibility index (Phi) is 5.75. The molecule has 2 N–H and O–H groups in total. The van der Waals surface area contributed by atoms with Gasteiger partial charge in [-0.05, 0) is 32.0 Å². The topological polar surface area (TPSA) is 88.9 Å². The van der Waals surface area contributed by atoms with Crippen molar-refractivity contribution in [2.45, 2.75) is 25.0 Å². The van der Waals surface area contributed by atoms with E-state index in [0.29, 0.717) is 16.4 Å². The normalized spacial score (nSPS) is 10.6. The summed E-state index contributed by atoms with van der Waals surface area (Å²) in [4.78, 5) is 24.0. The second-order valence-corrected chi connectivity index (χ2v) is 6.21. The summed E-state index contributed by atoms with van der Waals surface area (Å²) in [6.07, 6.45) is 1.58. The largest absolute Gasteiger partial charge is 0.350 e. The van der Waals surface area contributed by atoms with E-state index in [1.54, 1.807) is 35.2 Å². The molecule has 1 aromatic heterocycles. The molecule has 0 aliphatic rings. The number of benzene rings is 1. The quantitative estimate of drug-likeness (QED) is 0.785. The molecule has 2 amide bonds. The molecule has 2 aromatic rings. The van der Waals surface area contributed by atoms with Crippen molar-refractivity contribution in [3.05, 3.63) is 36.2 Å². The molecule has 1 heterocycles. The molecule has 7 nitrogen and oxygen atoms in total. The van der Waals surface area contributed by atoms with E-state index in [1.165, 1.54) is 11.8 Å². The third-order valence-electron chi connectivity index (χ3n) is 2.83. The van der Waals surface area contributed by atoms with Gasteiger partial charge in [-0.25, -0.2) is 0 Å². The minimum atomic E-state index is -0.167. The Bertz CT molecular complexity index is 699. The number of hydrogen-bond donors (Lipinski definition) is 2. The van der Waals surface area contributed by atoms with Gasteiger partial charge in [-0.15, -0.1) is 10.2 Å². The van der Waals surface area contributed by atoms with Gasteiger partial charge in [0.15, 0.2) is 5.16 Å². The predicted molar refractivity (Wildman–Crippen MR) is 89.4 cm³/mol. The summed E-state index contributed by atoms with van der Waals surface area (Å²) < 4.78 is 1.74. The average molecular weight is 333 g/mol. The van der Waals surface area contributed by atoms with E-state index in [0.717, 1.165) is 0 Å². The van der Waals surface area contributed by atoms with Crippen LogP contribution in [-0.4, -0.2) is 38.4 Å². The fourth-order valence-corrected chi connectivity index (χ4v) is 2.50. The first-order valence-corrected chi connectivity index (χ1v) is 8.12. The predicted octanol–water partition coefficient (Wildman–Crippen LogP) is 1.68. The minimum Gasteiger partial charge on any atom is -0.350 e. The Balaban J connectivity index is 1.93. The molecule has 1 aromatic carbocycles. The van der Waals surface area contributed by atoms with Gasteiger partial charge in [-0.2, -0.15) is 0 Å². The van der Waals surface area contributed by atoms with E-state index in [4.69, 9.17) is 0 Å². The SMILES string of the molecule is CC(C)NC(=O)c1cccc(NC(=O)CSc2nncn2C)c1. The first-order chi connectivity index (χ1) is 11.0. The fraction of sp³-hybridized carbons (Fsp3) is 0.333. The zero-order valence-electron chi connectivity index (χ0n) is 13.2. The molecule has 0 aliphatic carbocycles. The highest BCUT2D eigenvalue weighted by Crippen LogP contribution is 2.15. The van der Waals surface area contributed by atoms with Crippen LogP contribution in [0.3, 0.4) is 0 Å². The molecular formula is C15H19N5O2S. The van der Waals surface area contributed by atoms with Crippen LogP contribution in [0.5, 0.6) is 0 Å². The highest BCUT2D eigenvalue weighted by molar-refractivity contribution is 7.99. The number of nitrogens with zero attached hydrogens (tertiary/aromatic N) is 3. The van der Waals surface area contributed by atoms with Crippen LogP contribution < -0.4 is 10.6 Å². The number of thioether (sulfide) groups is 1. The smallest absolute Gasteiger partial charge is 0.251 e. The maximum absolute atomic E-state index is 12.0. The first-order valence-electron chi connectivity index (χ1n) is 7.13. The molecule has 23 heavy (non-hydrogen) atoms. The maximum Gasteiger partial charge on any atom is 0.251 e. The van der Waals surface area contributed by atoms with Gasteiger partial charge in [0, 0.05) is 24.3 Å². The van der Waals surface area contributed by atoms with Crippen molar-refractivity contribution in [3.63, 3.8) is 0 Å². The number of carbonyl (C=O) groups excluding carboxylic acids is 2. The molecule has 0 radical (unpaired) electrons. The standard InChI is InChI=1S/C15H19N5O2S/c1-10(2)17-14(22)11-5-4-6-12(7-11)18-13(21)8-23-15-19-16-9-20(15)3/h4-7,9-10H,8H2,1-3H3,(H,17,22)(H,18,21). The van der Waals surface area contributed by atoms with Gasteiger partial charge in [0.05, 0.1) is 5.75 Å². The molecule has 0 saturated carbocycles. The van der Waals surface area contributed by atoms with Gasteiger partial charge in [-0.1, -0.05) is 17.8 Å². The lowest BCUT2D eigenvalue weighted by molar-refractivity contribution is -0.113. The van der Waals surface area contributed by atoms with Gasteiger partial charge in [0.25, 0.3) is 5.91 Å². The minimum absolute atomic E-state index is 0.0588. The Hall–Kier alpha value is -2.35. The number of aromatic nitrogens is 3. The molecule has 0 saturated heterocycles. The molecule has 0 spiro atoms. The van der Waals surface area contributed by atoms with E-state index in [9.17, 15) is 9.59 Å². The number of aryl methyl sites for hydroxylation is 1. The summed E-state index contributed by atoms with van der Waals surface area (Å²) >= 11 is 1.30. The third kappa shape index (κ3) is 5.10. The number of rotatable bonds is 6. The van der Waals surface area contributed by atoms with Gasteiger partial charge in [0.2, 0.25) is 5.91 Å². The van der Waals surface area contributed by atoms with Crippen LogP contribution in [-0.2, 0) is 11.8 Å².